The lowest BCUT2D eigenvalue weighted by molar-refractivity contribution is -0.118. The van der Waals surface area contributed by atoms with Crippen molar-refractivity contribution in [2.24, 2.45) is 0 Å². The van der Waals surface area contributed by atoms with Gasteiger partial charge in [-0.3, -0.25) is 4.79 Å². The largest absolute Gasteiger partial charge is 0.482 e. The quantitative estimate of drug-likeness (QED) is 0.768. The van der Waals surface area contributed by atoms with Crippen LogP contribution < -0.4 is 10.1 Å². The van der Waals surface area contributed by atoms with Gasteiger partial charge in [-0.05, 0) is 44.2 Å². The van der Waals surface area contributed by atoms with Crippen LogP contribution in [-0.4, -0.2) is 22.3 Å². The third-order valence-corrected chi connectivity index (χ3v) is 3.78. The fraction of sp³-hybridized carbons (Fsp3) is 0.150. The Bertz CT molecular complexity index is 985. The molecular formula is C20H18N4O2. The van der Waals surface area contributed by atoms with E-state index in [4.69, 9.17) is 10.00 Å². The summed E-state index contributed by atoms with van der Waals surface area (Å²) < 4.78 is 7.27. The molecule has 0 fully saturated rings. The third-order valence-electron chi connectivity index (χ3n) is 3.78. The van der Waals surface area contributed by atoms with Crippen LogP contribution in [0.15, 0.2) is 54.6 Å². The number of nitrogens with one attached hydrogen (secondary N) is 1. The summed E-state index contributed by atoms with van der Waals surface area (Å²) in [6, 6.07) is 18.3. The average molecular weight is 346 g/mol. The van der Waals surface area contributed by atoms with Crippen LogP contribution in [0.1, 0.15) is 17.0 Å². The Labute approximate surface area is 151 Å². The Balaban J connectivity index is 1.74. The van der Waals surface area contributed by atoms with Crippen LogP contribution in [0.2, 0.25) is 0 Å². The molecule has 0 spiro atoms. The molecule has 6 heteroatoms. The number of hydrogen-bond acceptors (Lipinski definition) is 4. The standard InChI is InChI=1S/C20H18N4O2/c1-14-11-15(2)24(23-14)18-9-5-4-8-17(18)22-20(25)13-26-19-10-6-3-7-16(19)12-21/h3-11H,13H2,1-2H3,(H,22,25). The fourth-order valence-corrected chi connectivity index (χ4v) is 2.65. The molecule has 3 aromatic rings. The van der Waals surface area contributed by atoms with Crippen molar-refractivity contribution < 1.29 is 9.53 Å². The second kappa shape index (κ2) is 7.53. The van der Waals surface area contributed by atoms with Crippen molar-refractivity contribution in [3.05, 3.63) is 71.5 Å². The molecule has 0 saturated carbocycles. The maximum Gasteiger partial charge on any atom is 0.262 e. The topological polar surface area (TPSA) is 79.9 Å². The van der Waals surface area contributed by atoms with Crippen molar-refractivity contribution in [1.82, 2.24) is 9.78 Å². The van der Waals surface area contributed by atoms with Gasteiger partial charge in [0.25, 0.3) is 5.91 Å². The molecule has 1 heterocycles. The van der Waals surface area contributed by atoms with Crippen LogP contribution >= 0.6 is 0 Å². The molecule has 0 aliphatic heterocycles. The minimum atomic E-state index is -0.313. The maximum atomic E-state index is 12.3. The second-order valence-electron chi connectivity index (χ2n) is 5.80. The van der Waals surface area contributed by atoms with E-state index in [1.807, 2.05) is 50.2 Å². The van der Waals surface area contributed by atoms with Gasteiger partial charge in [-0.1, -0.05) is 24.3 Å². The highest BCUT2D eigenvalue weighted by Gasteiger charge is 2.12. The Hall–Kier alpha value is -3.59. The van der Waals surface area contributed by atoms with E-state index in [2.05, 4.69) is 10.4 Å². The molecule has 0 aliphatic carbocycles. The Morgan fingerprint density at radius 3 is 2.65 bits per heavy atom. The van der Waals surface area contributed by atoms with E-state index in [0.717, 1.165) is 17.1 Å². The molecule has 3 rings (SSSR count). The van der Waals surface area contributed by atoms with Crippen molar-refractivity contribution in [2.45, 2.75) is 13.8 Å². The van der Waals surface area contributed by atoms with Gasteiger partial charge >= 0.3 is 0 Å². The van der Waals surface area contributed by atoms with Crippen molar-refractivity contribution in [3.63, 3.8) is 0 Å². The lowest BCUT2D eigenvalue weighted by atomic mass is 10.2. The molecule has 130 valence electrons. The first kappa shape index (κ1) is 17.2. The van der Waals surface area contributed by atoms with Gasteiger partial charge in [0, 0.05) is 5.69 Å². The number of anilines is 1. The molecule has 0 aliphatic rings. The average Bonchev–Trinajstić information content (AvgIpc) is 2.98. The van der Waals surface area contributed by atoms with E-state index in [9.17, 15) is 4.79 Å². The molecule has 1 amide bonds. The summed E-state index contributed by atoms with van der Waals surface area (Å²) in [6.45, 7) is 3.69. The van der Waals surface area contributed by atoms with Crippen molar-refractivity contribution in [1.29, 1.82) is 5.26 Å². The number of nitriles is 1. The number of ether oxygens (including phenoxy) is 1. The minimum Gasteiger partial charge on any atom is -0.482 e. The number of aryl methyl sites for hydroxylation is 2. The summed E-state index contributed by atoms with van der Waals surface area (Å²) in [5.41, 5.74) is 3.69. The van der Waals surface area contributed by atoms with Crippen LogP contribution in [0.5, 0.6) is 5.75 Å². The molecule has 0 saturated heterocycles. The van der Waals surface area contributed by atoms with Gasteiger partial charge in [0.05, 0.1) is 22.6 Å². The van der Waals surface area contributed by atoms with Crippen LogP contribution in [-0.2, 0) is 4.79 Å². The smallest absolute Gasteiger partial charge is 0.262 e. The fourth-order valence-electron chi connectivity index (χ4n) is 2.65. The number of nitrogens with zero attached hydrogens (tertiary/aromatic N) is 3. The highest BCUT2D eigenvalue weighted by Crippen LogP contribution is 2.22. The predicted molar refractivity (Wildman–Crippen MR) is 98.3 cm³/mol. The van der Waals surface area contributed by atoms with E-state index in [1.54, 1.807) is 28.9 Å². The van der Waals surface area contributed by atoms with Gasteiger partial charge in [-0.15, -0.1) is 0 Å². The SMILES string of the molecule is Cc1cc(C)n(-c2ccccc2NC(=O)COc2ccccc2C#N)n1. The number of carbonyl (C=O) groups excluding carboxylic acids is 1. The highest BCUT2D eigenvalue weighted by atomic mass is 16.5. The first-order valence-electron chi connectivity index (χ1n) is 8.13. The zero-order valence-electron chi connectivity index (χ0n) is 14.6. The van der Waals surface area contributed by atoms with Crippen LogP contribution in [0.3, 0.4) is 0 Å². The number of aromatic nitrogens is 2. The molecule has 1 aromatic heterocycles. The van der Waals surface area contributed by atoms with Crippen LogP contribution in [0, 0.1) is 25.2 Å². The Kier molecular flexibility index (Phi) is 4.99. The Morgan fingerprint density at radius 2 is 1.92 bits per heavy atom. The number of benzene rings is 2. The van der Waals surface area contributed by atoms with Gasteiger partial charge in [-0.25, -0.2) is 4.68 Å². The van der Waals surface area contributed by atoms with Gasteiger partial charge in [-0.2, -0.15) is 10.4 Å². The van der Waals surface area contributed by atoms with Gasteiger partial charge in [0.15, 0.2) is 6.61 Å². The lowest BCUT2D eigenvalue weighted by Gasteiger charge is -2.13. The summed E-state index contributed by atoms with van der Waals surface area (Å²) >= 11 is 0. The third kappa shape index (κ3) is 3.73. The van der Waals surface area contributed by atoms with Crippen molar-refractivity contribution >= 4 is 11.6 Å². The monoisotopic (exact) mass is 346 g/mol. The molecule has 1 N–H and O–H groups in total. The van der Waals surface area contributed by atoms with E-state index in [-0.39, 0.29) is 12.5 Å². The van der Waals surface area contributed by atoms with Crippen molar-refractivity contribution in [3.8, 4) is 17.5 Å². The first-order valence-corrected chi connectivity index (χ1v) is 8.13. The molecular weight excluding hydrogens is 328 g/mol. The molecule has 2 aromatic carbocycles. The molecule has 0 atom stereocenters. The minimum absolute atomic E-state index is 0.190. The lowest BCUT2D eigenvalue weighted by Crippen LogP contribution is -2.21. The summed E-state index contributed by atoms with van der Waals surface area (Å²) in [5, 5.41) is 16.4. The van der Waals surface area contributed by atoms with E-state index in [1.165, 1.54) is 0 Å². The van der Waals surface area contributed by atoms with E-state index in [0.29, 0.717) is 17.0 Å². The molecule has 6 nitrogen and oxygen atoms in total. The molecule has 0 unspecified atom stereocenters. The van der Waals surface area contributed by atoms with E-state index >= 15 is 0 Å². The number of para-hydroxylation sites is 3. The number of amides is 1. The van der Waals surface area contributed by atoms with Gasteiger partial charge in [0.2, 0.25) is 0 Å². The Morgan fingerprint density at radius 1 is 1.19 bits per heavy atom. The summed E-state index contributed by atoms with van der Waals surface area (Å²) in [7, 11) is 0. The maximum absolute atomic E-state index is 12.3. The van der Waals surface area contributed by atoms with Gasteiger partial charge < -0.3 is 10.1 Å². The zero-order chi connectivity index (χ0) is 18.5. The molecule has 0 bridgehead atoms. The molecule has 26 heavy (non-hydrogen) atoms. The summed E-state index contributed by atoms with van der Waals surface area (Å²) in [5.74, 6) is 0.0729. The molecule has 0 radical (unpaired) electrons. The van der Waals surface area contributed by atoms with E-state index < -0.39 is 0 Å². The zero-order valence-corrected chi connectivity index (χ0v) is 14.6. The van der Waals surface area contributed by atoms with Crippen LogP contribution in [0.25, 0.3) is 5.69 Å². The predicted octanol–water partition coefficient (Wildman–Crippen LogP) is 3.38. The highest BCUT2D eigenvalue weighted by molar-refractivity contribution is 5.93. The summed E-state index contributed by atoms with van der Waals surface area (Å²) in [6.07, 6.45) is 0. The van der Waals surface area contributed by atoms with Crippen LogP contribution in [0.4, 0.5) is 5.69 Å². The number of rotatable bonds is 5. The number of hydrogen-bond donors (Lipinski definition) is 1. The number of carbonyl (C=O) groups is 1. The normalized spacial score (nSPS) is 10.2. The van der Waals surface area contributed by atoms with Crippen molar-refractivity contribution in [2.75, 3.05) is 11.9 Å². The summed E-state index contributed by atoms with van der Waals surface area (Å²) in [4.78, 5) is 12.3. The first-order chi connectivity index (χ1) is 12.6. The second-order valence-corrected chi connectivity index (χ2v) is 5.80. The van der Waals surface area contributed by atoms with Gasteiger partial charge in [0.1, 0.15) is 11.8 Å².